The van der Waals surface area contributed by atoms with Gasteiger partial charge in [0.05, 0.1) is 11.8 Å². The molecule has 0 aliphatic carbocycles. The van der Waals surface area contributed by atoms with Crippen LogP contribution in [-0.4, -0.2) is 58.4 Å². The maximum atomic E-state index is 14.3. The summed E-state index contributed by atoms with van der Waals surface area (Å²) in [6.07, 6.45) is 5.65. The number of hydrogen-bond donors (Lipinski definition) is 1. The second kappa shape index (κ2) is 16.0. The van der Waals surface area contributed by atoms with Crippen LogP contribution < -0.4 is 15.5 Å². The molecule has 4 rings (SSSR count). The highest BCUT2D eigenvalue weighted by Gasteiger charge is 2.44. The Morgan fingerprint density at radius 1 is 1.13 bits per heavy atom. The maximum Gasteiger partial charge on any atom is 0.308 e. The van der Waals surface area contributed by atoms with E-state index >= 15 is 0 Å². The number of unbranched alkanes of at least 4 members (excludes halogenated alkanes) is 2. The van der Waals surface area contributed by atoms with E-state index in [1.165, 1.54) is 16.8 Å². The van der Waals surface area contributed by atoms with Gasteiger partial charge in [0.15, 0.2) is 5.69 Å². The van der Waals surface area contributed by atoms with Gasteiger partial charge in [0, 0.05) is 44.8 Å². The van der Waals surface area contributed by atoms with Crippen LogP contribution in [0.3, 0.4) is 0 Å². The molecule has 11 nitrogen and oxygen atoms in total. The lowest BCUT2D eigenvalue weighted by molar-refractivity contribution is -0.150. The summed E-state index contributed by atoms with van der Waals surface area (Å²) in [6.45, 7) is 9.00. The van der Waals surface area contributed by atoms with Gasteiger partial charge in [0.1, 0.15) is 23.3 Å². The van der Waals surface area contributed by atoms with E-state index in [9.17, 15) is 28.0 Å². The van der Waals surface area contributed by atoms with Crippen molar-refractivity contribution in [2.45, 2.75) is 104 Å². The molecule has 1 aromatic heterocycles. The summed E-state index contributed by atoms with van der Waals surface area (Å²) in [4.78, 5) is 61.1. The average Bonchev–Trinajstić information content (AvgIpc) is 3.15. The molecule has 0 unspecified atom stereocenters. The van der Waals surface area contributed by atoms with Gasteiger partial charge in [0.2, 0.25) is 18.0 Å². The Kier molecular flexibility index (Phi) is 12.1. The van der Waals surface area contributed by atoms with Crippen molar-refractivity contribution in [3.05, 3.63) is 63.1 Å². The SMILES string of the molecule is CC(C)=NO[C@@H]1CC[C@H](C)N2C[C@H]1n1cc(C(=O)NCc3ccc(F)cc3F)c(=O)c(OCOC(=O)CCCCCC(C)C)c1C2=O.[HH]. The minimum atomic E-state index is -0.904. The molecule has 2 amide bonds. The summed E-state index contributed by atoms with van der Waals surface area (Å²) >= 11 is 0. The van der Waals surface area contributed by atoms with Crippen LogP contribution >= 0.6 is 0 Å². The lowest BCUT2D eigenvalue weighted by atomic mass is 10.0. The van der Waals surface area contributed by atoms with Crippen molar-refractivity contribution in [1.29, 1.82) is 0 Å². The fourth-order valence-electron chi connectivity index (χ4n) is 5.77. The van der Waals surface area contributed by atoms with Crippen LogP contribution in [0, 0.1) is 17.6 Å². The van der Waals surface area contributed by atoms with Gasteiger partial charge >= 0.3 is 5.97 Å². The first-order valence-corrected chi connectivity index (χ1v) is 16.1. The van der Waals surface area contributed by atoms with E-state index in [1.54, 1.807) is 18.7 Å². The smallest absolute Gasteiger partial charge is 0.308 e. The van der Waals surface area contributed by atoms with Crippen LogP contribution in [0.2, 0.25) is 0 Å². The molecular weight excluding hydrogens is 614 g/mol. The van der Waals surface area contributed by atoms with Crippen LogP contribution in [0.1, 0.15) is 113 Å². The molecule has 47 heavy (non-hydrogen) atoms. The molecule has 2 bridgehead atoms. The summed E-state index contributed by atoms with van der Waals surface area (Å²) in [5, 5.41) is 6.65. The molecule has 258 valence electrons. The van der Waals surface area contributed by atoms with Crippen molar-refractivity contribution >= 4 is 23.5 Å². The Hall–Kier alpha value is -4.29. The molecule has 1 N–H and O–H groups in total. The first-order valence-electron chi connectivity index (χ1n) is 16.1. The van der Waals surface area contributed by atoms with Crippen LogP contribution in [0.5, 0.6) is 5.75 Å². The predicted molar refractivity (Wildman–Crippen MR) is 172 cm³/mol. The Morgan fingerprint density at radius 3 is 2.60 bits per heavy atom. The lowest BCUT2D eigenvalue weighted by Crippen LogP contribution is -2.49. The van der Waals surface area contributed by atoms with Gasteiger partial charge in [-0.1, -0.05) is 44.3 Å². The third-order valence-corrected chi connectivity index (χ3v) is 8.38. The first kappa shape index (κ1) is 35.6. The monoisotopic (exact) mass is 660 g/mol. The number of carbonyl (C=O) groups is 3. The number of hydrogen-bond acceptors (Lipinski definition) is 8. The molecule has 2 aliphatic heterocycles. The summed E-state index contributed by atoms with van der Waals surface area (Å²) < 4.78 is 40.1. The molecular formula is C34H46F2N4O7. The fraction of sp³-hybridized carbons (Fsp3) is 0.559. The zero-order valence-corrected chi connectivity index (χ0v) is 27.6. The molecule has 1 fully saturated rings. The highest BCUT2D eigenvalue weighted by atomic mass is 19.1. The molecule has 13 heteroatoms. The number of oxime groups is 1. The van der Waals surface area contributed by atoms with Crippen molar-refractivity contribution in [3.63, 3.8) is 0 Å². The Balaban J connectivity index is 0.00000625. The van der Waals surface area contributed by atoms with Crippen LogP contribution in [0.4, 0.5) is 8.78 Å². The number of esters is 1. The molecule has 1 saturated heterocycles. The number of nitrogens with zero attached hydrogens (tertiary/aromatic N) is 3. The molecule has 2 aromatic rings. The van der Waals surface area contributed by atoms with E-state index in [-0.39, 0.29) is 43.8 Å². The number of aromatic nitrogens is 1. The quantitative estimate of drug-likeness (QED) is 0.0899. The summed E-state index contributed by atoms with van der Waals surface area (Å²) in [6, 6.07) is 2.20. The lowest BCUT2D eigenvalue weighted by Gasteiger charge is -2.38. The third kappa shape index (κ3) is 8.95. The molecule has 0 spiro atoms. The van der Waals surface area contributed by atoms with E-state index in [4.69, 9.17) is 14.3 Å². The largest absolute Gasteiger partial charge is 0.451 e. The van der Waals surface area contributed by atoms with Crippen molar-refractivity contribution in [2.24, 2.45) is 11.1 Å². The van der Waals surface area contributed by atoms with Gasteiger partial charge in [-0.15, -0.1) is 0 Å². The van der Waals surface area contributed by atoms with Crippen LogP contribution in [0.15, 0.2) is 34.3 Å². The van der Waals surface area contributed by atoms with Gasteiger partial charge < -0.3 is 29.1 Å². The number of carbonyl (C=O) groups excluding carboxylic acids is 3. The number of pyridine rings is 1. The molecule has 0 radical (unpaired) electrons. The van der Waals surface area contributed by atoms with E-state index in [0.717, 1.165) is 25.3 Å². The molecule has 3 atom stereocenters. The Morgan fingerprint density at radius 2 is 1.89 bits per heavy atom. The highest BCUT2D eigenvalue weighted by molar-refractivity contribution is 5.99. The summed E-state index contributed by atoms with van der Waals surface area (Å²) in [5.74, 6) is -3.35. The second-order valence-electron chi connectivity index (χ2n) is 12.8. The number of fused-ring (bicyclic) bond motifs is 4. The van der Waals surface area contributed by atoms with Gasteiger partial charge in [-0.2, -0.15) is 0 Å². The number of amides is 2. The van der Waals surface area contributed by atoms with E-state index in [2.05, 4.69) is 24.3 Å². The molecule has 3 heterocycles. The second-order valence-corrected chi connectivity index (χ2v) is 12.8. The molecule has 1 aromatic carbocycles. The van der Waals surface area contributed by atoms with Crippen LogP contribution in [-0.2, 0) is 20.9 Å². The number of halogens is 2. The first-order chi connectivity index (χ1) is 22.4. The van der Waals surface area contributed by atoms with E-state index < -0.39 is 59.5 Å². The summed E-state index contributed by atoms with van der Waals surface area (Å²) in [7, 11) is 0. The molecule has 0 saturated carbocycles. The van der Waals surface area contributed by atoms with Gasteiger partial charge in [-0.05, 0) is 52.0 Å². The number of ether oxygens (including phenoxy) is 2. The topological polar surface area (TPSA) is 129 Å². The normalized spacial score (nSPS) is 18.7. The van der Waals surface area contributed by atoms with Crippen molar-refractivity contribution in [3.8, 4) is 5.75 Å². The Labute approximate surface area is 274 Å². The van der Waals surface area contributed by atoms with Gasteiger partial charge in [0.25, 0.3) is 11.8 Å². The summed E-state index contributed by atoms with van der Waals surface area (Å²) in [5.41, 5.74) is -0.689. The minimum absolute atomic E-state index is 0. The zero-order chi connectivity index (χ0) is 34.2. The standard InChI is InChI=1S/C34H44F2N4O7.H2/c1-20(2)9-7-6-8-10-29(41)45-19-46-32-30-34(44)39-18-27(28(14-11-22(39)5)47-38-21(3)4)40(30)17-25(31(32)42)33(43)37-16-23-12-13-24(35)15-26(23)36;/h12-13,15,17,20,22,27-28H,6-11,14,16,18-19H2,1-5H3,(H,37,43);1H/t22-,27+,28+;/m0./s1. The van der Waals surface area contributed by atoms with E-state index in [1.807, 2.05) is 6.92 Å². The average molecular weight is 661 g/mol. The zero-order valence-electron chi connectivity index (χ0n) is 27.6. The minimum Gasteiger partial charge on any atom is -0.451 e. The number of rotatable bonds is 14. The van der Waals surface area contributed by atoms with Gasteiger partial charge in [-0.3, -0.25) is 19.2 Å². The van der Waals surface area contributed by atoms with Crippen LogP contribution in [0.25, 0.3) is 0 Å². The van der Waals surface area contributed by atoms with Crippen molar-refractivity contribution < 1.29 is 38.9 Å². The number of benzene rings is 1. The highest BCUT2D eigenvalue weighted by Crippen LogP contribution is 2.36. The Bertz CT molecular complexity index is 1560. The van der Waals surface area contributed by atoms with Crippen molar-refractivity contribution in [2.75, 3.05) is 13.3 Å². The maximum absolute atomic E-state index is 14.3. The van der Waals surface area contributed by atoms with E-state index in [0.29, 0.717) is 37.0 Å². The third-order valence-electron chi connectivity index (χ3n) is 8.38. The number of nitrogens with one attached hydrogen (secondary N) is 1. The van der Waals surface area contributed by atoms with Gasteiger partial charge in [-0.25, -0.2) is 8.78 Å². The fourth-order valence-corrected chi connectivity index (χ4v) is 5.77. The van der Waals surface area contributed by atoms with Crippen molar-refractivity contribution in [1.82, 2.24) is 14.8 Å². The molecule has 2 aliphatic rings. The predicted octanol–water partition coefficient (Wildman–Crippen LogP) is 5.75.